The first-order valence-corrected chi connectivity index (χ1v) is 8.69. The number of nitrogens with one attached hydrogen (secondary N) is 1. The quantitative estimate of drug-likeness (QED) is 0.698. The zero-order chi connectivity index (χ0) is 20.6. The summed E-state index contributed by atoms with van der Waals surface area (Å²) in [5.74, 6) is -0.434. The van der Waals surface area contributed by atoms with E-state index in [1.54, 1.807) is 0 Å². The van der Waals surface area contributed by atoms with E-state index in [0.29, 0.717) is 19.4 Å². The van der Waals surface area contributed by atoms with E-state index < -0.39 is 29.3 Å². The van der Waals surface area contributed by atoms with E-state index in [4.69, 9.17) is 14.7 Å². The van der Waals surface area contributed by atoms with Crippen molar-refractivity contribution < 1.29 is 27.4 Å². The number of hydrogen-bond donors (Lipinski definition) is 1. The van der Waals surface area contributed by atoms with Crippen LogP contribution < -0.4 is 10.1 Å². The van der Waals surface area contributed by atoms with Gasteiger partial charge < -0.3 is 14.8 Å². The number of alkyl halides is 3. The molecule has 0 bridgehead atoms. The van der Waals surface area contributed by atoms with Crippen LogP contribution in [0, 0.1) is 17.2 Å². The van der Waals surface area contributed by atoms with Gasteiger partial charge in [-0.15, -0.1) is 0 Å². The largest absolute Gasteiger partial charge is 0.481 e. The van der Waals surface area contributed by atoms with Crippen molar-refractivity contribution in [2.24, 2.45) is 5.92 Å². The van der Waals surface area contributed by atoms with Crippen LogP contribution in [-0.4, -0.2) is 31.8 Å². The van der Waals surface area contributed by atoms with E-state index >= 15 is 0 Å². The van der Waals surface area contributed by atoms with Crippen LogP contribution in [0.3, 0.4) is 0 Å². The standard InChI is InChI=1S/C19H25F3N2O3/c1-5-14(11-26-4)24-18(25)17(8-12(2)3)27-15-7-6-13(10-23)16(9-15)19(20,21)22/h6-7,9,12,14,17H,5,8,11H2,1-4H3,(H,24,25). The Kier molecular flexibility index (Phi) is 8.57. The first-order chi connectivity index (χ1) is 12.6. The lowest BCUT2D eigenvalue weighted by molar-refractivity contribution is -0.137. The molecule has 0 fully saturated rings. The topological polar surface area (TPSA) is 71.3 Å². The maximum Gasteiger partial charge on any atom is 0.417 e. The Labute approximate surface area is 157 Å². The highest BCUT2D eigenvalue weighted by molar-refractivity contribution is 5.81. The van der Waals surface area contributed by atoms with Crippen molar-refractivity contribution >= 4 is 5.91 Å². The van der Waals surface area contributed by atoms with E-state index in [1.807, 2.05) is 20.8 Å². The summed E-state index contributed by atoms with van der Waals surface area (Å²) in [4.78, 5) is 12.6. The number of nitrogens with zero attached hydrogens (tertiary/aromatic N) is 1. The number of ether oxygens (including phenoxy) is 2. The molecular formula is C19H25F3N2O3. The number of benzene rings is 1. The molecule has 5 nitrogen and oxygen atoms in total. The first kappa shape index (κ1) is 22.8. The predicted molar refractivity (Wildman–Crippen MR) is 94.1 cm³/mol. The summed E-state index contributed by atoms with van der Waals surface area (Å²) in [6.07, 6.45) is -4.67. The summed E-state index contributed by atoms with van der Waals surface area (Å²) < 4.78 is 50.0. The van der Waals surface area contributed by atoms with Crippen LogP contribution in [0.15, 0.2) is 18.2 Å². The van der Waals surface area contributed by atoms with Gasteiger partial charge in [-0.2, -0.15) is 18.4 Å². The lowest BCUT2D eigenvalue weighted by atomic mass is 10.0. The summed E-state index contributed by atoms with van der Waals surface area (Å²) in [5.41, 5.74) is -1.58. The van der Waals surface area contributed by atoms with E-state index in [0.717, 1.165) is 12.1 Å². The average Bonchev–Trinajstić information content (AvgIpc) is 2.59. The molecule has 0 saturated carbocycles. The molecule has 27 heavy (non-hydrogen) atoms. The maximum absolute atomic E-state index is 13.1. The molecule has 0 spiro atoms. The average molecular weight is 386 g/mol. The van der Waals surface area contributed by atoms with Crippen LogP contribution in [0.25, 0.3) is 0 Å². The van der Waals surface area contributed by atoms with Crippen LogP contribution >= 0.6 is 0 Å². The summed E-state index contributed by atoms with van der Waals surface area (Å²) >= 11 is 0. The van der Waals surface area contributed by atoms with Crippen molar-refractivity contribution in [1.29, 1.82) is 5.26 Å². The second-order valence-corrected chi connectivity index (χ2v) is 6.62. The number of methoxy groups -OCH3 is 1. The molecule has 150 valence electrons. The fourth-order valence-corrected chi connectivity index (χ4v) is 2.49. The monoisotopic (exact) mass is 386 g/mol. The lowest BCUT2D eigenvalue weighted by Gasteiger charge is -2.24. The number of halogens is 3. The van der Waals surface area contributed by atoms with Gasteiger partial charge >= 0.3 is 6.18 Å². The van der Waals surface area contributed by atoms with Gasteiger partial charge in [-0.25, -0.2) is 0 Å². The molecule has 1 rings (SSSR count). The number of hydrogen-bond acceptors (Lipinski definition) is 4. The van der Waals surface area contributed by atoms with Gasteiger partial charge in [0, 0.05) is 7.11 Å². The third-order valence-electron chi connectivity index (χ3n) is 3.88. The van der Waals surface area contributed by atoms with Crippen molar-refractivity contribution in [1.82, 2.24) is 5.32 Å². The Balaban J connectivity index is 3.06. The SMILES string of the molecule is CCC(COC)NC(=O)C(CC(C)C)Oc1ccc(C#N)c(C(F)(F)F)c1. The van der Waals surface area contributed by atoms with E-state index in [-0.39, 0.29) is 17.7 Å². The molecule has 0 heterocycles. The molecule has 0 saturated heterocycles. The lowest BCUT2D eigenvalue weighted by Crippen LogP contribution is -2.45. The number of carbonyl (C=O) groups is 1. The molecule has 0 aliphatic heterocycles. The number of amides is 1. The molecule has 0 aliphatic carbocycles. The van der Waals surface area contributed by atoms with Crippen molar-refractivity contribution in [2.45, 2.75) is 51.9 Å². The van der Waals surface area contributed by atoms with E-state index in [1.165, 1.54) is 19.2 Å². The van der Waals surface area contributed by atoms with Gasteiger partial charge in [0.1, 0.15) is 5.75 Å². The number of nitriles is 1. The Morgan fingerprint density at radius 2 is 2.00 bits per heavy atom. The molecule has 2 atom stereocenters. The molecule has 1 N–H and O–H groups in total. The molecule has 0 aliphatic rings. The summed E-state index contributed by atoms with van der Waals surface area (Å²) in [6.45, 7) is 5.98. The third-order valence-corrected chi connectivity index (χ3v) is 3.88. The molecule has 0 aromatic heterocycles. The minimum Gasteiger partial charge on any atom is -0.481 e. The highest BCUT2D eigenvalue weighted by atomic mass is 19.4. The minimum atomic E-state index is -4.69. The fraction of sp³-hybridized carbons (Fsp3) is 0.579. The van der Waals surface area contributed by atoms with Crippen molar-refractivity contribution in [3.63, 3.8) is 0 Å². The second-order valence-electron chi connectivity index (χ2n) is 6.62. The smallest absolute Gasteiger partial charge is 0.417 e. The van der Waals surface area contributed by atoms with Crippen molar-refractivity contribution in [2.75, 3.05) is 13.7 Å². The maximum atomic E-state index is 13.1. The Hall–Kier alpha value is -2.27. The molecule has 1 aromatic carbocycles. The third kappa shape index (κ3) is 7.10. The van der Waals surface area contributed by atoms with Crippen molar-refractivity contribution in [3.8, 4) is 11.8 Å². The van der Waals surface area contributed by atoms with Gasteiger partial charge in [0.15, 0.2) is 6.10 Å². The van der Waals surface area contributed by atoms with E-state index in [2.05, 4.69) is 5.32 Å². The van der Waals surface area contributed by atoms with Gasteiger partial charge in [0.05, 0.1) is 29.8 Å². The van der Waals surface area contributed by atoms with Crippen LogP contribution in [0.2, 0.25) is 0 Å². The predicted octanol–water partition coefficient (Wildman–Crippen LogP) is 3.91. The molecule has 1 aromatic rings. The van der Waals surface area contributed by atoms with Crippen LogP contribution in [0.5, 0.6) is 5.75 Å². The van der Waals surface area contributed by atoms with Crippen LogP contribution in [0.4, 0.5) is 13.2 Å². The molecule has 0 radical (unpaired) electrons. The summed E-state index contributed by atoms with van der Waals surface area (Å²) in [7, 11) is 1.52. The second kappa shape index (κ2) is 10.2. The molecule has 2 unspecified atom stereocenters. The van der Waals surface area contributed by atoms with Gasteiger partial charge in [-0.05, 0) is 37.0 Å². The summed E-state index contributed by atoms with van der Waals surface area (Å²) in [5, 5.41) is 11.7. The molecule has 1 amide bonds. The zero-order valence-corrected chi connectivity index (χ0v) is 15.9. The summed E-state index contributed by atoms with van der Waals surface area (Å²) in [6, 6.07) is 4.37. The normalized spacial score (nSPS) is 13.7. The highest BCUT2D eigenvalue weighted by Gasteiger charge is 2.34. The number of carbonyl (C=O) groups excluding carboxylic acids is 1. The molecular weight excluding hydrogens is 361 g/mol. The minimum absolute atomic E-state index is 0.0868. The van der Waals surface area contributed by atoms with E-state index in [9.17, 15) is 18.0 Å². The Bertz CT molecular complexity index is 669. The van der Waals surface area contributed by atoms with Gasteiger partial charge in [0.2, 0.25) is 0 Å². The van der Waals surface area contributed by atoms with Gasteiger partial charge in [0.25, 0.3) is 5.91 Å². The van der Waals surface area contributed by atoms with Crippen molar-refractivity contribution in [3.05, 3.63) is 29.3 Å². The van der Waals surface area contributed by atoms with Gasteiger partial charge in [-0.1, -0.05) is 20.8 Å². The van der Waals surface area contributed by atoms with Crippen LogP contribution in [0.1, 0.15) is 44.7 Å². The Morgan fingerprint density at radius 1 is 1.33 bits per heavy atom. The van der Waals surface area contributed by atoms with Gasteiger partial charge in [-0.3, -0.25) is 4.79 Å². The number of rotatable bonds is 9. The fourth-order valence-electron chi connectivity index (χ4n) is 2.49. The zero-order valence-electron chi connectivity index (χ0n) is 15.9. The van der Waals surface area contributed by atoms with Crippen LogP contribution in [-0.2, 0) is 15.7 Å². The Morgan fingerprint density at radius 3 is 2.48 bits per heavy atom. The highest BCUT2D eigenvalue weighted by Crippen LogP contribution is 2.34. The first-order valence-electron chi connectivity index (χ1n) is 8.69. The molecule has 8 heteroatoms.